The molecule has 3 N–H and O–H groups in total. The van der Waals surface area contributed by atoms with Crippen LogP contribution in [0.1, 0.15) is 27.0 Å². The van der Waals surface area contributed by atoms with E-state index in [0.717, 1.165) is 10.7 Å². The van der Waals surface area contributed by atoms with Crippen LogP contribution in [0.5, 0.6) is 0 Å². The number of thiazole rings is 1. The lowest BCUT2D eigenvalue weighted by atomic mass is 10.3. The Morgan fingerprint density at radius 2 is 2.47 bits per heavy atom. The van der Waals surface area contributed by atoms with E-state index in [9.17, 15) is 4.79 Å². The molecule has 90 valence electrons. The minimum Gasteiger partial charge on any atom is -0.359 e. The molecule has 0 saturated carbocycles. The SMILES string of the molecule is Cc1cc(CNC(=O)c2csc(CN)n2)on1. The van der Waals surface area contributed by atoms with Crippen molar-refractivity contribution in [1.82, 2.24) is 15.5 Å². The van der Waals surface area contributed by atoms with Gasteiger partial charge in [0.2, 0.25) is 0 Å². The number of hydrogen-bond acceptors (Lipinski definition) is 6. The Morgan fingerprint density at radius 3 is 3.06 bits per heavy atom. The highest BCUT2D eigenvalue weighted by atomic mass is 32.1. The van der Waals surface area contributed by atoms with Crippen molar-refractivity contribution in [3.05, 3.63) is 33.6 Å². The van der Waals surface area contributed by atoms with Crippen molar-refractivity contribution in [2.24, 2.45) is 5.73 Å². The molecule has 0 saturated heterocycles. The molecule has 0 aliphatic rings. The Kier molecular flexibility index (Phi) is 3.50. The van der Waals surface area contributed by atoms with Crippen molar-refractivity contribution in [3.8, 4) is 0 Å². The molecule has 2 aromatic heterocycles. The van der Waals surface area contributed by atoms with Gasteiger partial charge in [-0.3, -0.25) is 4.79 Å². The van der Waals surface area contributed by atoms with Crippen LogP contribution in [0.25, 0.3) is 0 Å². The summed E-state index contributed by atoms with van der Waals surface area (Å²) >= 11 is 1.37. The maximum atomic E-state index is 11.7. The van der Waals surface area contributed by atoms with Crippen LogP contribution in [0.3, 0.4) is 0 Å². The second-order valence-corrected chi connectivity index (χ2v) is 4.39. The van der Waals surface area contributed by atoms with Gasteiger partial charge in [-0.25, -0.2) is 4.98 Å². The largest absolute Gasteiger partial charge is 0.359 e. The molecule has 7 heteroatoms. The van der Waals surface area contributed by atoms with Gasteiger partial charge in [0.15, 0.2) is 5.76 Å². The van der Waals surface area contributed by atoms with Crippen LogP contribution in [0.15, 0.2) is 16.0 Å². The molecule has 17 heavy (non-hydrogen) atoms. The Morgan fingerprint density at radius 1 is 1.65 bits per heavy atom. The van der Waals surface area contributed by atoms with Crippen LogP contribution in [-0.4, -0.2) is 16.0 Å². The van der Waals surface area contributed by atoms with Crippen molar-refractivity contribution in [2.45, 2.75) is 20.0 Å². The molecule has 0 bridgehead atoms. The molecule has 0 aliphatic heterocycles. The fourth-order valence-electron chi connectivity index (χ4n) is 1.27. The summed E-state index contributed by atoms with van der Waals surface area (Å²) in [6, 6.07) is 1.77. The minimum absolute atomic E-state index is 0.241. The predicted octanol–water partition coefficient (Wildman–Crippen LogP) is 0.828. The fourth-order valence-corrected chi connectivity index (χ4v) is 1.92. The van der Waals surface area contributed by atoms with Gasteiger partial charge in [0, 0.05) is 18.0 Å². The highest BCUT2D eigenvalue weighted by molar-refractivity contribution is 7.09. The number of amides is 1. The Balaban J connectivity index is 1.93. The average molecular weight is 252 g/mol. The number of carbonyl (C=O) groups excluding carboxylic acids is 1. The third-order valence-electron chi connectivity index (χ3n) is 2.06. The van der Waals surface area contributed by atoms with Gasteiger partial charge in [-0.2, -0.15) is 0 Å². The lowest BCUT2D eigenvalue weighted by Crippen LogP contribution is -2.23. The van der Waals surface area contributed by atoms with E-state index in [1.54, 1.807) is 11.4 Å². The molecule has 0 unspecified atom stereocenters. The normalized spacial score (nSPS) is 10.5. The van der Waals surface area contributed by atoms with E-state index in [1.807, 2.05) is 6.92 Å². The highest BCUT2D eigenvalue weighted by Crippen LogP contribution is 2.09. The van der Waals surface area contributed by atoms with E-state index in [0.29, 0.717) is 24.5 Å². The molecular formula is C10H12N4O2S. The Bertz CT molecular complexity index is 520. The first-order valence-electron chi connectivity index (χ1n) is 5.04. The standard InChI is InChI=1S/C10H12N4O2S/c1-6-2-7(16-14-6)4-12-10(15)8-5-17-9(3-11)13-8/h2,5H,3-4,11H2,1H3,(H,12,15). The second kappa shape index (κ2) is 5.07. The van der Waals surface area contributed by atoms with Crippen LogP contribution in [-0.2, 0) is 13.1 Å². The van der Waals surface area contributed by atoms with Gasteiger partial charge in [0.25, 0.3) is 5.91 Å². The summed E-state index contributed by atoms with van der Waals surface area (Å²) in [6.45, 7) is 2.47. The maximum absolute atomic E-state index is 11.7. The van der Waals surface area contributed by atoms with Crippen molar-refractivity contribution < 1.29 is 9.32 Å². The fraction of sp³-hybridized carbons (Fsp3) is 0.300. The number of rotatable bonds is 4. The summed E-state index contributed by atoms with van der Waals surface area (Å²) < 4.78 is 4.97. The summed E-state index contributed by atoms with van der Waals surface area (Å²) in [5.41, 5.74) is 6.59. The molecule has 2 aromatic rings. The first-order chi connectivity index (χ1) is 8.19. The smallest absolute Gasteiger partial charge is 0.271 e. The monoisotopic (exact) mass is 252 g/mol. The average Bonchev–Trinajstić information content (AvgIpc) is 2.94. The number of hydrogen-bond donors (Lipinski definition) is 2. The lowest BCUT2D eigenvalue weighted by molar-refractivity contribution is 0.0942. The molecule has 0 atom stereocenters. The van der Waals surface area contributed by atoms with Crippen LogP contribution in [0, 0.1) is 6.92 Å². The van der Waals surface area contributed by atoms with Gasteiger partial charge < -0.3 is 15.6 Å². The van der Waals surface area contributed by atoms with E-state index >= 15 is 0 Å². The van der Waals surface area contributed by atoms with E-state index in [-0.39, 0.29) is 5.91 Å². The van der Waals surface area contributed by atoms with Crippen molar-refractivity contribution >= 4 is 17.2 Å². The van der Waals surface area contributed by atoms with Crippen molar-refractivity contribution in [2.75, 3.05) is 0 Å². The molecule has 0 aliphatic carbocycles. The van der Waals surface area contributed by atoms with Crippen LogP contribution < -0.4 is 11.1 Å². The maximum Gasteiger partial charge on any atom is 0.271 e. The van der Waals surface area contributed by atoms with E-state index in [4.69, 9.17) is 10.3 Å². The van der Waals surface area contributed by atoms with E-state index in [1.165, 1.54) is 11.3 Å². The summed E-state index contributed by atoms with van der Waals surface area (Å²) in [5.74, 6) is 0.375. The lowest BCUT2D eigenvalue weighted by Gasteiger charge is -1.98. The number of carbonyl (C=O) groups is 1. The van der Waals surface area contributed by atoms with Crippen molar-refractivity contribution in [1.29, 1.82) is 0 Å². The van der Waals surface area contributed by atoms with Gasteiger partial charge in [-0.1, -0.05) is 5.16 Å². The minimum atomic E-state index is -0.241. The Hall–Kier alpha value is -1.73. The summed E-state index contributed by atoms with van der Waals surface area (Å²) in [7, 11) is 0. The first-order valence-corrected chi connectivity index (χ1v) is 5.92. The van der Waals surface area contributed by atoms with E-state index < -0.39 is 0 Å². The second-order valence-electron chi connectivity index (χ2n) is 3.45. The molecular weight excluding hydrogens is 240 g/mol. The molecule has 6 nitrogen and oxygen atoms in total. The molecule has 0 radical (unpaired) electrons. The molecule has 0 aromatic carbocycles. The van der Waals surface area contributed by atoms with Crippen LogP contribution >= 0.6 is 11.3 Å². The molecule has 0 fully saturated rings. The van der Waals surface area contributed by atoms with Gasteiger partial charge >= 0.3 is 0 Å². The van der Waals surface area contributed by atoms with E-state index in [2.05, 4.69) is 15.5 Å². The Labute approximate surface area is 102 Å². The van der Waals surface area contributed by atoms with Gasteiger partial charge in [0.1, 0.15) is 10.7 Å². The van der Waals surface area contributed by atoms with Gasteiger partial charge in [-0.15, -0.1) is 11.3 Å². The third kappa shape index (κ3) is 2.89. The van der Waals surface area contributed by atoms with Crippen LogP contribution in [0.2, 0.25) is 0 Å². The predicted molar refractivity (Wildman–Crippen MR) is 62.4 cm³/mol. The molecule has 2 rings (SSSR count). The number of aromatic nitrogens is 2. The number of nitrogens with one attached hydrogen (secondary N) is 1. The van der Waals surface area contributed by atoms with Crippen molar-refractivity contribution in [3.63, 3.8) is 0 Å². The molecule has 1 amide bonds. The molecule has 2 heterocycles. The highest BCUT2D eigenvalue weighted by Gasteiger charge is 2.10. The zero-order valence-corrected chi connectivity index (χ0v) is 10.1. The number of nitrogens with two attached hydrogens (primary N) is 1. The van der Waals surface area contributed by atoms with Gasteiger partial charge in [0.05, 0.1) is 12.2 Å². The van der Waals surface area contributed by atoms with Gasteiger partial charge in [-0.05, 0) is 6.92 Å². The third-order valence-corrected chi connectivity index (χ3v) is 2.93. The number of aryl methyl sites for hydroxylation is 1. The molecule has 0 spiro atoms. The number of nitrogens with zero attached hydrogens (tertiary/aromatic N) is 2. The quantitative estimate of drug-likeness (QED) is 0.840. The summed E-state index contributed by atoms with van der Waals surface area (Å²) in [6.07, 6.45) is 0. The zero-order chi connectivity index (χ0) is 12.3. The summed E-state index contributed by atoms with van der Waals surface area (Å²) in [4.78, 5) is 15.8. The topological polar surface area (TPSA) is 94.0 Å². The van der Waals surface area contributed by atoms with Crippen LogP contribution in [0.4, 0.5) is 0 Å². The first kappa shape index (κ1) is 11.7. The summed E-state index contributed by atoms with van der Waals surface area (Å²) in [5, 5.41) is 8.85. The zero-order valence-electron chi connectivity index (χ0n) is 9.27.